The van der Waals surface area contributed by atoms with Crippen molar-refractivity contribution in [3.8, 4) is 0 Å². The zero-order chi connectivity index (χ0) is 11.2. The quantitative estimate of drug-likeness (QED) is 0.673. The maximum absolute atomic E-state index is 10.6. The Morgan fingerprint density at radius 2 is 1.31 bits per heavy atom. The number of aliphatic carboxylic acids is 2. The molecule has 0 atom stereocenters. The molecule has 0 aliphatic heterocycles. The summed E-state index contributed by atoms with van der Waals surface area (Å²) in [5.74, 6) is -3.73. The van der Waals surface area contributed by atoms with E-state index in [9.17, 15) is 18.0 Å². The summed E-state index contributed by atoms with van der Waals surface area (Å²) in [5.41, 5.74) is 0. The molecule has 0 aromatic heterocycles. The summed E-state index contributed by atoms with van der Waals surface area (Å²) in [7, 11) is 0. The van der Waals surface area contributed by atoms with Crippen molar-refractivity contribution in [3.63, 3.8) is 0 Å². The Labute approximate surface area is 72.0 Å². The minimum Gasteiger partial charge on any atom is -0.481 e. The second-order valence-electron chi connectivity index (χ2n) is 2.30. The maximum atomic E-state index is 10.6. The number of hydrogen-bond donors (Lipinski definition) is 2. The number of alkyl halides is 3. The SMILES string of the molecule is CC(C)C(=O)O.O=C(O)C(F)(F)F. The molecule has 0 heterocycles. The second kappa shape index (κ2) is 5.39. The first kappa shape index (κ1) is 14.3. The second-order valence-corrected chi connectivity index (χ2v) is 2.30. The number of carboxylic acid groups (broad SMARTS) is 2. The summed E-state index contributed by atoms with van der Waals surface area (Å²) in [6, 6.07) is 0. The van der Waals surface area contributed by atoms with E-state index in [1.165, 1.54) is 0 Å². The van der Waals surface area contributed by atoms with Gasteiger partial charge in [0.15, 0.2) is 0 Å². The molecule has 0 radical (unpaired) electrons. The van der Waals surface area contributed by atoms with E-state index in [4.69, 9.17) is 15.0 Å². The van der Waals surface area contributed by atoms with Crippen LogP contribution >= 0.6 is 0 Å². The minimum atomic E-state index is -5.08. The third-order valence-electron chi connectivity index (χ3n) is 0.736. The molecule has 0 saturated heterocycles. The van der Waals surface area contributed by atoms with Gasteiger partial charge in [-0.2, -0.15) is 13.2 Å². The molecule has 0 bridgehead atoms. The van der Waals surface area contributed by atoms with Gasteiger partial charge in [0.2, 0.25) is 0 Å². The molecule has 0 aromatic carbocycles. The van der Waals surface area contributed by atoms with Crippen LogP contribution in [0.15, 0.2) is 0 Å². The van der Waals surface area contributed by atoms with Crippen molar-refractivity contribution in [2.75, 3.05) is 0 Å². The Morgan fingerprint density at radius 3 is 1.31 bits per heavy atom. The predicted octanol–water partition coefficient (Wildman–Crippen LogP) is 1.36. The van der Waals surface area contributed by atoms with E-state index in [0.717, 1.165) is 0 Å². The predicted molar refractivity (Wildman–Crippen MR) is 36.2 cm³/mol. The lowest BCUT2D eigenvalue weighted by atomic mass is 10.2. The van der Waals surface area contributed by atoms with Gasteiger partial charge >= 0.3 is 18.1 Å². The fourth-order valence-electron chi connectivity index (χ4n) is 0. The summed E-state index contributed by atoms with van der Waals surface area (Å²) in [4.78, 5) is 18.6. The number of carbonyl (C=O) groups is 2. The number of halogens is 3. The Kier molecular flexibility index (Phi) is 5.91. The molecule has 0 rings (SSSR count). The van der Waals surface area contributed by atoms with Crippen molar-refractivity contribution in [1.82, 2.24) is 0 Å². The van der Waals surface area contributed by atoms with Gasteiger partial charge in [-0.05, 0) is 0 Å². The molecule has 0 aromatic rings. The van der Waals surface area contributed by atoms with Crippen LogP contribution in [-0.2, 0) is 9.59 Å². The Hall–Kier alpha value is -1.27. The van der Waals surface area contributed by atoms with Crippen molar-refractivity contribution in [3.05, 3.63) is 0 Å². The zero-order valence-electron chi connectivity index (χ0n) is 6.92. The highest BCUT2D eigenvalue weighted by molar-refractivity contribution is 5.73. The van der Waals surface area contributed by atoms with Crippen LogP contribution in [-0.4, -0.2) is 28.3 Å². The highest BCUT2D eigenvalue weighted by atomic mass is 19.4. The summed E-state index contributed by atoms with van der Waals surface area (Å²) in [6.07, 6.45) is -5.08. The van der Waals surface area contributed by atoms with E-state index < -0.39 is 18.1 Å². The maximum Gasteiger partial charge on any atom is 0.490 e. The van der Waals surface area contributed by atoms with Crippen molar-refractivity contribution in [2.24, 2.45) is 5.92 Å². The van der Waals surface area contributed by atoms with Crippen LogP contribution in [0.4, 0.5) is 13.2 Å². The summed E-state index contributed by atoms with van der Waals surface area (Å²) in [6.45, 7) is 3.28. The summed E-state index contributed by atoms with van der Waals surface area (Å²) < 4.78 is 31.7. The number of carboxylic acids is 2. The number of rotatable bonds is 1. The molecule has 0 aliphatic carbocycles. The van der Waals surface area contributed by atoms with E-state index in [1.807, 2.05) is 0 Å². The summed E-state index contributed by atoms with van der Waals surface area (Å²) in [5, 5.41) is 15.1. The Bertz CT molecular complexity index is 185. The zero-order valence-corrected chi connectivity index (χ0v) is 6.92. The van der Waals surface area contributed by atoms with Crippen molar-refractivity contribution in [1.29, 1.82) is 0 Å². The van der Waals surface area contributed by atoms with Crippen molar-refractivity contribution < 1.29 is 33.0 Å². The molecule has 78 valence electrons. The highest BCUT2D eigenvalue weighted by Crippen LogP contribution is 2.13. The Balaban J connectivity index is 0. The Morgan fingerprint density at radius 1 is 1.15 bits per heavy atom. The van der Waals surface area contributed by atoms with Crippen LogP contribution in [0.2, 0.25) is 0 Å². The molecule has 0 amide bonds. The van der Waals surface area contributed by atoms with Gasteiger partial charge in [-0.15, -0.1) is 0 Å². The van der Waals surface area contributed by atoms with Gasteiger partial charge < -0.3 is 10.2 Å². The lowest BCUT2D eigenvalue weighted by Gasteiger charge is -1.93. The van der Waals surface area contributed by atoms with Gasteiger partial charge in [-0.25, -0.2) is 4.79 Å². The largest absolute Gasteiger partial charge is 0.490 e. The molecule has 0 aliphatic rings. The standard InChI is InChI=1S/C4H8O2.C2HF3O2/c1-3(2)4(5)6;3-2(4,5)1(6)7/h3H,1-2H3,(H,5,6);(H,6,7). The third kappa shape index (κ3) is 10.7. The highest BCUT2D eigenvalue weighted by Gasteiger charge is 2.38. The van der Waals surface area contributed by atoms with Gasteiger partial charge in [0.1, 0.15) is 0 Å². The first-order valence-electron chi connectivity index (χ1n) is 3.12. The van der Waals surface area contributed by atoms with E-state index in [0.29, 0.717) is 0 Å². The van der Waals surface area contributed by atoms with Crippen LogP contribution < -0.4 is 0 Å². The molecule has 0 saturated carbocycles. The van der Waals surface area contributed by atoms with E-state index in [1.54, 1.807) is 13.8 Å². The molecule has 4 nitrogen and oxygen atoms in total. The lowest BCUT2D eigenvalue weighted by Crippen LogP contribution is -2.21. The minimum absolute atomic E-state index is 0.231. The van der Waals surface area contributed by atoms with Gasteiger partial charge in [-0.3, -0.25) is 4.79 Å². The topological polar surface area (TPSA) is 74.6 Å². The average Bonchev–Trinajstić information content (AvgIpc) is 1.86. The van der Waals surface area contributed by atoms with E-state index in [-0.39, 0.29) is 5.92 Å². The smallest absolute Gasteiger partial charge is 0.481 e. The average molecular weight is 202 g/mol. The van der Waals surface area contributed by atoms with Crippen LogP contribution in [0.5, 0.6) is 0 Å². The lowest BCUT2D eigenvalue weighted by molar-refractivity contribution is -0.192. The van der Waals surface area contributed by atoms with Crippen LogP contribution in [0.3, 0.4) is 0 Å². The van der Waals surface area contributed by atoms with Gasteiger partial charge in [0, 0.05) is 0 Å². The van der Waals surface area contributed by atoms with Gasteiger partial charge in [0.05, 0.1) is 5.92 Å². The van der Waals surface area contributed by atoms with Crippen LogP contribution in [0.1, 0.15) is 13.8 Å². The molecule has 2 N–H and O–H groups in total. The fraction of sp³-hybridized carbons (Fsp3) is 0.667. The van der Waals surface area contributed by atoms with Gasteiger partial charge in [-0.1, -0.05) is 13.8 Å². The normalized spacial score (nSPS) is 10.3. The van der Waals surface area contributed by atoms with E-state index in [2.05, 4.69) is 0 Å². The molecule has 13 heavy (non-hydrogen) atoms. The molecule has 0 unspecified atom stereocenters. The van der Waals surface area contributed by atoms with E-state index >= 15 is 0 Å². The van der Waals surface area contributed by atoms with Gasteiger partial charge in [0.25, 0.3) is 0 Å². The third-order valence-corrected chi connectivity index (χ3v) is 0.736. The van der Waals surface area contributed by atoms with Crippen LogP contribution in [0.25, 0.3) is 0 Å². The molecule has 0 spiro atoms. The molecule has 0 fully saturated rings. The van der Waals surface area contributed by atoms with Crippen molar-refractivity contribution in [2.45, 2.75) is 20.0 Å². The molecular formula is C6H9F3O4. The number of hydrogen-bond acceptors (Lipinski definition) is 2. The monoisotopic (exact) mass is 202 g/mol. The fourth-order valence-corrected chi connectivity index (χ4v) is 0. The molecule has 7 heteroatoms. The first-order chi connectivity index (χ1) is 5.59. The van der Waals surface area contributed by atoms with Crippen LogP contribution in [0, 0.1) is 5.92 Å². The van der Waals surface area contributed by atoms with Crippen molar-refractivity contribution >= 4 is 11.9 Å². The first-order valence-corrected chi connectivity index (χ1v) is 3.12. The summed E-state index contributed by atoms with van der Waals surface area (Å²) >= 11 is 0. The molecular weight excluding hydrogens is 193 g/mol.